The average Bonchev–Trinajstić information content (AvgIpc) is 2.33. The fourth-order valence-electron chi connectivity index (χ4n) is 2.26. The van der Waals surface area contributed by atoms with Gasteiger partial charge in [0.2, 0.25) is 0 Å². The van der Waals surface area contributed by atoms with Gasteiger partial charge >= 0.3 is 0 Å². The van der Waals surface area contributed by atoms with E-state index in [1.807, 2.05) is 44.2 Å². The third kappa shape index (κ3) is 2.08. The lowest BCUT2D eigenvalue weighted by atomic mass is 9.72. The fourth-order valence-corrected chi connectivity index (χ4v) is 2.59. The van der Waals surface area contributed by atoms with E-state index >= 15 is 0 Å². The molecule has 0 amide bonds. The van der Waals surface area contributed by atoms with E-state index < -0.39 is 11.9 Å². The number of hydrogen-bond donors (Lipinski definition) is 0. The molecule has 2 nitrogen and oxygen atoms in total. The number of carboxylic acid groups (broad SMARTS) is 1. The van der Waals surface area contributed by atoms with Crippen molar-refractivity contribution in [3.8, 4) is 0 Å². The molecule has 0 aromatic heterocycles. The Balaban J connectivity index is 2.46. The molecule has 2 unspecified atom stereocenters. The van der Waals surface area contributed by atoms with Crippen LogP contribution in [-0.4, -0.2) is 5.97 Å². The van der Waals surface area contributed by atoms with Gasteiger partial charge in [-0.2, -0.15) is 0 Å². The van der Waals surface area contributed by atoms with Crippen LogP contribution < -0.4 is 5.11 Å². The molecule has 0 saturated heterocycles. The largest absolute Gasteiger partial charge is 0.549 e. The van der Waals surface area contributed by atoms with Crippen LogP contribution in [0.1, 0.15) is 19.4 Å². The van der Waals surface area contributed by atoms with Crippen molar-refractivity contribution in [1.29, 1.82) is 0 Å². The van der Waals surface area contributed by atoms with Crippen molar-refractivity contribution in [2.24, 2.45) is 5.92 Å². The maximum atomic E-state index is 10.9. The average molecular weight is 262 g/mol. The van der Waals surface area contributed by atoms with E-state index in [-0.39, 0.29) is 5.41 Å². The molecule has 94 valence electrons. The highest BCUT2D eigenvalue weighted by Gasteiger charge is 2.30. The summed E-state index contributed by atoms with van der Waals surface area (Å²) in [6.07, 6.45) is 5.27. The highest BCUT2D eigenvalue weighted by Crippen LogP contribution is 2.40. The summed E-state index contributed by atoms with van der Waals surface area (Å²) in [6, 6.07) is 7.61. The van der Waals surface area contributed by atoms with E-state index in [9.17, 15) is 9.90 Å². The summed E-state index contributed by atoms with van der Waals surface area (Å²) in [7, 11) is 0. The van der Waals surface area contributed by atoms with E-state index in [1.165, 1.54) is 0 Å². The zero-order valence-corrected chi connectivity index (χ0v) is 11.1. The second-order valence-electron chi connectivity index (χ2n) is 4.74. The van der Waals surface area contributed by atoms with Gasteiger partial charge in [0.05, 0.1) is 5.97 Å². The lowest BCUT2D eigenvalue weighted by molar-refractivity contribution is -0.308. The van der Waals surface area contributed by atoms with Crippen LogP contribution in [0, 0.1) is 5.92 Å². The molecule has 1 aromatic rings. The van der Waals surface area contributed by atoms with Crippen LogP contribution in [-0.2, 0) is 10.2 Å². The third-order valence-electron chi connectivity index (χ3n) is 3.59. The van der Waals surface area contributed by atoms with Gasteiger partial charge < -0.3 is 9.90 Å². The van der Waals surface area contributed by atoms with Gasteiger partial charge in [0.15, 0.2) is 0 Å². The first-order chi connectivity index (χ1) is 8.45. The van der Waals surface area contributed by atoms with Crippen molar-refractivity contribution in [2.75, 3.05) is 0 Å². The minimum absolute atomic E-state index is 0.357. The molecule has 18 heavy (non-hydrogen) atoms. The first kappa shape index (κ1) is 12.9. The van der Waals surface area contributed by atoms with E-state index in [1.54, 1.807) is 12.2 Å². The number of carbonyl (C=O) groups excluding carboxylic acids is 1. The topological polar surface area (TPSA) is 40.1 Å². The monoisotopic (exact) mass is 261 g/mol. The summed E-state index contributed by atoms with van der Waals surface area (Å²) in [4.78, 5) is 10.9. The number of halogens is 1. The molecule has 3 heteroatoms. The molecule has 0 spiro atoms. The molecule has 1 aliphatic rings. The van der Waals surface area contributed by atoms with E-state index in [2.05, 4.69) is 0 Å². The summed E-state index contributed by atoms with van der Waals surface area (Å²) in [5.41, 5.74) is 1.59. The Kier molecular flexibility index (Phi) is 3.31. The Hall–Kier alpha value is -1.54. The molecule has 1 aromatic carbocycles. The highest BCUT2D eigenvalue weighted by atomic mass is 35.5. The zero-order chi connectivity index (χ0) is 13.3. The highest BCUT2D eigenvalue weighted by molar-refractivity contribution is 6.31. The van der Waals surface area contributed by atoms with Crippen LogP contribution in [0.5, 0.6) is 0 Å². The number of carboxylic acids is 1. The number of carbonyl (C=O) groups is 1. The minimum atomic E-state index is -1.08. The maximum absolute atomic E-state index is 10.9. The molecule has 0 aliphatic heterocycles. The lowest BCUT2D eigenvalue weighted by Gasteiger charge is -2.33. The van der Waals surface area contributed by atoms with Crippen LogP contribution in [0.2, 0.25) is 5.02 Å². The molecule has 0 bridgehead atoms. The Labute approximate surface area is 112 Å². The predicted molar refractivity (Wildman–Crippen MR) is 70.2 cm³/mol. The summed E-state index contributed by atoms with van der Waals surface area (Å²) < 4.78 is 0. The smallest absolute Gasteiger partial charge is 0.0521 e. The summed E-state index contributed by atoms with van der Waals surface area (Å²) in [5, 5.41) is 11.6. The van der Waals surface area contributed by atoms with Crippen molar-refractivity contribution >= 4 is 17.6 Å². The molecular weight excluding hydrogens is 248 g/mol. The molecular formula is C15H14ClO2-. The molecule has 0 saturated carbocycles. The molecule has 2 rings (SSSR count). The zero-order valence-electron chi connectivity index (χ0n) is 10.3. The Morgan fingerprint density at radius 2 is 2.06 bits per heavy atom. The quantitative estimate of drug-likeness (QED) is 0.768. The van der Waals surface area contributed by atoms with Crippen molar-refractivity contribution in [3.63, 3.8) is 0 Å². The van der Waals surface area contributed by atoms with Crippen molar-refractivity contribution in [2.45, 2.75) is 19.3 Å². The SMILES string of the molecule is CC1=CC(C(=O)[O-])C=CC1(C)c1ccccc1Cl. The van der Waals surface area contributed by atoms with Gasteiger partial charge in [0.1, 0.15) is 0 Å². The third-order valence-corrected chi connectivity index (χ3v) is 3.92. The van der Waals surface area contributed by atoms with Gasteiger partial charge in [-0.1, -0.05) is 53.6 Å². The van der Waals surface area contributed by atoms with Gasteiger partial charge in [-0.15, -0.1) is 0 Å². The lowest BCUT2D eigenvalue weighted by Crippen LogP contribution is -2.33. The van der Waals surface area contributed by atoms with Crippen molar-refractivity contribution in [1.82, 2.24) is 0 Å². The summed E-state index contributed by atoms with van der Waals surface area (Å²) in [5.74, 6) is -1.73. The predicted octanol–water partition coefficient (Wildman–Crippen LogP) is 2.48. The minimum Gasteiger partial charge on any atom is -0.549 e. The van der Waals surface area contributed by atoms with Crippen molar-refractivity contribution < 1.29 is 9.90 Å². The molecule has 0 N–H and O–H groups in total. The van der Waals surface area contributed by atoms with Gasteiger partial charge in [-0.05, 0) is 25.5 Å². The number of allylic oxidation sites excluding steroid dienone is 2. The van der Waals surface area contributed by atoms with Gasteiger partial charge in [0, 0.05) is 16.4 Å². The summed E-state index contributed by atoms with van der Waals surface area (Å²) >= 11 is 6.22. The van der Waals surface area contributed by atoms with Crippen LogP contribution in [0.4, 0.5) is 0 Å². The van der Waals surface area contributed by atoms with Gasteiger partial charge in [-0.25, -0.2) is 0 Å². The van der Waals surface area contributed by atoms with E-state index in [0.29, 0.717) is 5.02 Å². The second-order valence-corrected chi connectivity index (χ2v) is 5.14. The van der Waals surface area contributed by atoms with Crippen molar-refractivity contribution in [3.05, 3.63) is 58.7 Å². The molecule has 0 radical (unpaired) electrons. The first-order valence-electron chi connectivity index (χ1n) is 5.79. The van der Waals surface area contributed by atoms with Gasteiger partial charge in [-0.3, -0.25) is 0 Å². The molecule has 0 fully saturated rings. The Bertz CT molecular complexity index is 545. The van der Waals surface area contributed by atoms with Gasteiger partial charge in [0.25, 0.3) is 0 Å². The molecule has 0 heterocycles. The molecule has 1 aliphatic carbocycles. The first-order valence-corrected chi connectivity index (χ1v) is 6.17. The second kappa shape index (κ2) is 4.62. The Morgan fingerprint density at radius 1 is 1.39 bits per heavy atom. The normalized spacial score (nSPS) is 26.8. The van der Waals surface area contributed by atoms with Crippen LogP contribution in [0.15, 0.2) is 48.1 Å². The standard InChI is InChI=1S/C15H15ClO2/c1-10-9-11(14(17)18)7-8-15(10,2)12-5-3-4-6-13(12)16/h3-9,11H,1-2H3,(H,17,18)/p-1. The number of benzene rings is 1. The summed E-state index contributed by atoms with van der Waals surface area (Å²) in [6.45, 7) is 3.95. The van der Waals surface area contributed by atoms with Crippen LogP contribution >= 0.6 is 11.6 Å². The van der Waals surface area contributed by atoms with Crippen LogP contribution in [0.3, 0.4) is 0 Å². The Morgan fingerprint density at radius 3 is 2.61 bits per heavy atom. The number of aliphatic carboxylic acids is 1. The van der Waals surface area contributed by atoms with E-state index in [0.717, 1.165) is 11.1 Å². The number of rotatable bonds is 2. The fraction of sp³-hybridized carbons (Fsp3) is 0.267. The number of hydrogen-bond acceptors (Lipinski definition) is 2. The van der Waals surface area contributed by atoms with E-state index in [4.69, 9.17) is 11.6 Å². The molecule has 2 atom stereocenters. The maximum Gasteiger partial charge on any atom is 0.0521 e. The van der Waals surface area contributed by atoms with Crippen LogP contribution in [0.25, 0.3) is 0 Å².